The van der Waals surface area contributed by atoms with Gasteiger partial charge in [0.2, 0.25) is 5.95 Å². The largest absolute Gasteiger partial charge is 0.398 e. The normalized spacial score (nSPS) is 10.9. The molecule has 2 heterocycles. The minimum Gasteiger partial charge on any atom is -0.398 e. The summed E-state index contributed by atoms with van der Waals surface area (Å²) in [4.78, 5) is 12.8. The number of rotatable bonds is 3. The summed E-state index contributed by atoms with van der Waals surface area (Å²) in [7, 11) is 0. The second-order valence-corrected chi connectivity index (χ2v) is 6.19. The Morgan fingerprint density at radius 3 is 2.56 bits per heavy atom. The summed E-state index contributed by atoms with van der Waals surface area (Å²) in [5.74, 6) is 0.135. The van der Waals surface area contributed by atoms with Crippen LogP contribution in [0.1, 0.15) is 5.69 Å². The van der Waals surface area contributed by atoms with Crippen LogP contribution in [0.3, 0.4) is 0 Å². The Morgan fingerprint density at radius 2 is 1.74 bits per heavy atom. The number of aryl methyl sites for hydroxylation is 1. The number of hydrogen-bond donors (Lipinski definition) is 3. The monoisotopic (exact) mass is 360 g/mol. The molecule has 134 valence electrons. The third kappa shape index (κ3) is 3.35. The van der Waals surface area contributed by atoms with Crippen molar-refractivity contribution in [2.45, 2.75) is 6.92 Å². The van der Waals surface area contributed by atoms with Crippen LogP contribution in [0.2, 0.25) is 0 Å². The average Bonchev–Trinajstić information content (AvgIpc) is 2.62. The van der Waals surface area contributed by atoms with Gasteiger partial charge in [-0.1, -0.05) is 12.1 Å². The van der Waals surface area contributed by atoms with Crippen molar-refractivity contribution in [1.82, 2.24) is 15.0 Å². The zero-order chi connectivity index (χ0) is 19.0. The van der Waals surface area contributed by atoms with Gasteiger partial charge in [-0.05, 0) is 43.3 Å². The van der Waals surface area contributed by atoms with Crippen molar-refractivity contribution < 1.29 is 4.39 Å². The highest BCUT2D eigenvalue weighted by Crippen LogP contribution is 2.28. The molecule has 7 heteroatoms. The summed E-state index contributed by atoms with van der Waals surface area (Å²) in [5, 5.41) is 4.01. The number of halogens is 1. The molecule has 0 spiro atoms. The molecule has 4 aromatic rings. The van der Waals surface area contributed by atoms with E-state index in [0.717, 1.165) is 22.3 Å². The summed E-state index contributed by atoms with van der Waals surface area (Å²) in [5.41, 5.74) is 15.8. The van der Waals surface area contributed by atoms with E-state index in [1.54, 1.807) is 24.3 Å². The van der Waals surface area contributed by atoms with Crippen molar-refractivity contribution in [1.29, 1.82) is 0 Å². The lowest BCUT2D eigenvalue weighted by molar-refractivity contribution is 0.631. The fourth-order valence-corrected chi connectivity index (χ4v) is 2.95. The quantitative estimate of drug-likeness (QED) is 0.509. The molecular weight excluding hydrogens is 343 g/mol. The van der Waals surface area contributed by atoms with Gasteiger partial charge in [0, 0.05) is 34.1 Å². The number of nitrogens with two attached hydrogens (primary N) is 2. The minimum absolute atomic E-state index is 0.0517. The number of fused-ring (bicyclic) bond motifs is 1. The molecule has 0 radical (unpaired) electrons. The van der Waals surface area contributed by atoms with Crippen LogP contribution < -0.4 is 16.8 Å². The van der Waals surface area contributed by atoms with E-state index in [9.17, 15) is 4.39 Å². The van der Waals surface area contributed by atoms with Gasteiger partial charge >= 0.3 is 0 Å². The van der Waals surface area contributed by atoms with Crippen LogP contribution in [0.5, 0.6) is 0 Å². The first-order valence-corrected chi connectivity index (χ1v) is 8.33. The number of benzene rings is 2. The van der Waals surface area contributed by atoms with E-state index < -0.39 is 0 Å². The lowest BCUT2D eigenvalue weighted by Gasteiger charge is -2.11. The van der Waals surface area contributed by atoms with Crippen LogP contribution >= 0.6 is 0 Å². The van der Waals surface area contributed by atoms with Gasteiger partial charge in [-0.25, -0.2) is 9.37 Å². The molecule has 0 unspecified atom stereocenters. The molecule has 0 aliphatic rings. The van der Waals surface area contributed by atoms with Crippen molar-refractivity contribution in [2.24, 2.45) is 0 Å². The van der Waals surface area contributed by atoms with Gasteiger partial charge in [-0.15, -0.1) is 0 Å². The zero-order valence-electron chi connectivity index (χ0n) is 14.6. The highest BCUT2D eigenvalue weighted by atomic mass is 19.1. The van der Waals surface area contributed by atoms with Gasteiger partial charge in [0.25, 0.3) is 0 Å². The molecule has 0 aliphatic heterocycles. The van der Waals surface area contributed by atoms with Gasteiger partial charge in [0.15, 0.2) is 0 Å². The minimum atomic E-state index is -0.374. The van der Waals surface area contributed by atoms with Gasteiger partial charge in [-0.3, -0.25) is 4.98 Å². The van der Waals surface area contributed by atoms with E-state index >= 15 is 0 Å². The van der Waals surface area contributed by atoms with Crippen LogP contribution in [-0.2, 0) is 0 Å². The van der Waals surface area contributed by atoms with Gasteiger partial charge in [0.1, 0.15) is 11.6 Å². The average molecular weight is 360 g/mol. The molecule has 0 aliphatic carbocycles. The molecule has 0 amide bonds. The number of pyridine rings is 1. The summed E-state index contributed by atoms with van der Waals surface area (Å²) < 4.78 is 14.1. The predicted molar refractivity (Wildman–Crippen MR) is 106 cm³/mol. The number of nitrogens with zero attached hydrogens (tertiary/aromatic N) is 3. The van der Waals surface area contributed by atoms with Crippen LogP contribution in [-0.4, -0.2) is 15.0 Å². The fourth-order valence-electron chi connectivity index (χ4n) is 2.95. The van der Waals surface area contributed by atoms with Crippen molar-refractivity contribution in [2.75, 3.05) is 16.8 Å². The summed E-state index contributed by atoms with van der Waals surface area (Å²) >= 11 is 0. The van der Waals surface area contributed by atoms with Crippen LogP contribution in [0, 0.1) is 12.7 Å². The SMILES string of the molecule is Cc1cc(N)c2cc(Nc3cc(-c4ccccc4F)nc(N)n3)ccc2n1. The molecule has 0 fully saturated rings. The first-order valence-electron chi connectivity index (χ1n) is 8.33. The second-order valence-electron chi connectivity index (χ2n) is 6.19. The van der Waals surface area contributed by atoms with Crippen molar-refractivity contribution >= 4 is 34.0 Å². The third-order valence-electron chi connectivity index (χ3n) is 4.13. The Balaban J connectivity index is 1.73. The predicted octanol–water partition coefficient (Wildman–Crippen LogP) is 4.05. The number of anilines is 4. The number of nitrogens with one attached hydrogen (secondary N) is 1. The second kappa shape index (κ2) is 6.53. The van der Waals surface area contributed by atoms with E-state index in [-0.39, 0.29) is 11.8 Å². The highest BCUT2D eigenvalue weighted by Gasteiger charge is 2.10. The van der Waals surface area contributed by atoms with Gasteiger partial charge in [-0.2, -0.15) is 4.98 Å². The molecule has 0 atom stereocenters. The van der Waals surface area contributed by atoms with Gasteiger partial charge < -0.3 is 16.8 Å². The van der Waals surface area contributed by atoms with Crippen molar-refractivity contribution in [3.63, 3.8) is 0 Å². The van der Waals surface area contributed by atoms with Crippen LogP contribution in [0.25, 0.3) is 22.2 Å². The topological polar surface area (TPSA) is 103 Å². The summed E-state index contributed by atoms with van der Waals surface area (Å²) in [6, 6.07) is 15.5. The first-order chi connectivity index (χ1) is 13.0. The third-order valence-corrected chi connectivity index (χ3v) is 4.13. The molecule has 2 aromatic carbocycles. The molecule has 6 nitrogen and oxygen atoms in total. The Morgan fingerprint density at radius 1 is 0.926 bits per heavy atom. The number of hydrogen-bond acceptors (Lipinski definition) is 6. The van der Waals surface area contributed by atoms with E-state index in [4.69, 9.17) is 11.5 Å². The molecule has 27 heavy (non-hydrogen) atoms. The van der Waals surface area contributed by atoms with E-state index in [1.165, 1.54) is 6.07 Å². The molecule has 5 N–H and O–H groups in total. The Hall–Kier alpha value is -3.74. The lowest BCUT2D eigenvalue weighted by atomic mass is 10.1. The summed E-state index contributed by atoms with van der Waals surface area (Å²) in [6.07, 6.45) is 0. The summed E-state index contributed by atoms with van der Waals surface area (Å²) in [6.45, 7) is 1.90. The van der Waals surface area contributed by atoms with E-state index in [2.05, 4.69) is 20.3 Å². The lowest BCUT2D eigenvalue weighted by Crippen LogP contribution is -2.02. The Kier molecular flexibility index (Phi) is 4.04. The van der Waals surface area contributed by atoms with Crippen LogP contribution in [0.4, 0.5) is 27.5 Å². The van der Waals surface area contributed by atoms with Gasteiger partial charge in [0.05, 0.1) is 11.2 Å². The number of nitrogen functional groups attached to an aromatic ring is 2. The molecule has 0 saturated carbocycles. The molecule has 2 aromatic heterocycles. The molecule has 4 rings (SSSR count). The maximum absolute atomic E-state index is 14.1. The van der Waals surface area contributed by atoms with Crippen molar-refractivity contribution in [3.8, 4) is 11.3 Å². The zero-order valence-corrected chi connectivity index (χ0v) is 14.6. The van der Waals surface area contributed by atoms with Crippen LogP contribution in [0.15, 0.2) is 54.6 Å². The van der Waals surface area contributed by atoms with E-state index in [1.807, 2.05) is 31.2 Å². The maximum Gasteiger partial charge on any atom is 0.222 e. The van der Waals surface area contributed by atoms with Crippen molar-refractivity contribution in [3.05, 3.63) is 66.1 Å². The molecular formula is C20H17FN6. The Labute approximate surface area is 155 Å². The molecule has 0 saturated heterocycles. The fraction of sp³-hybridized carbons (Fsp3) is 0.0500. The smallest absolute Gasteiger partial charge is 0.222 e. The highest BCUT2D eigenvalue weighted by molar-refractivity contribution is 5.93. The first kappa shape index (κ1) is 16.7. The van der Waals surface area contributed by atoms with E-state index in [0.29, 0.717) is 22.8 Å². The maximum atomic E-state index is 14.1. The number of aromatic nitrogens is 3. The Bertz CT molecular complexity index is 1160. The standard InChI is InChI=1S/C20H17FN6/c1-11-8-16(22)14-9-12(6-7-17(14)24-11)25-19-10-18(26-20(23)27-19)13-4-2-3-5-15(13)21/h2-10H,1H3,(H2,22,24)(H3,23,25,26,27). The molecule has 0 bridgehead atoms.